The summed E-state index contributed by atoms with van der Waals surface area (Å²) in [7, 11) is 0. The van der Waals surface area contributed by atoms with Gasteiger partial charge in [-0.05, 0) is 28.3 Å². The topological polar surface area (TPSA) is 0 Å². The molecule has 0 bridgehead atoms. The molecule has 0 nitrogen and oxygen atoms in total. The van der Waals surface area contributed by atoms with Crippen LogP contribution in [0.2, 0.25) is 0 Å². The fourth-order valence-corrected chi connectivity index (χ4v) is 1.70. The fourth-order valence-electron chi connectivity index (χ4n) is 1.70. The van der Waals surface area contributed by atoms with Crippen LogP contribution >= 0.6 is 0 Å². The van der Waals surface area contributed by atoms with Crippen LogP contribution in [0.3, 0.4) is 0 Å². The molecule has 0 spiro atoms. The van der Waals surface area contributed by atoms with Crippen LogP contribution in [0.25, 0.3) is 11.1 Å². The predicted molar refractivity (Wildman–Crippen MR) is 83.2 cm³/mol. The van der Waals surface area contributed by atoms with E-state index in [4.69, 9.17) is 0 Å². The monoisotopic (exact) mass is 234 g/mol. The van der Waals surface area contributed by atoms with Crippen LogP contribution in [0.4, 0.5) is 0 Å². The molecule has 0 fully saturated rings. The molecule has 0 atom stereocenters. The molecule has 1 rings (SSSR count). The minimum absolute atomic E-state index is 1.05. The van der Waals surface area contributed by atoms with Crippen molar-refractivity contribution in [3.8, 4) is 0 Å². The summed E-state index contributed by atoms with van der Waals surface area (Å²) in [5.74, 6) is 0. The van der Waals surface area contributed by atoms with Gasteiger partial charge in [-0.15, -0.1) is 0 Å². The molecule has 0 aliphatic heterocycles. The Morgan fingerprint density at radius 2 is 1.22 bits per heavy atom. The van der Waals surface area contributed by atoms with Gasteiger partial charge in [-0.1, -0.05) is 81.0 Å². The number of hydrogen-bond donors (Lipinski definition) is 0. The second kappa shape index (κ2) is 7.08. The van der Waals surface area contributed by atoms with Crippen molar-refractivity contribution in [1.29, 1.82) is 0 Å². The van der Waals surface area contributed by atoms with Gasteiger partial charge < -0.3 is 0 Å². The van der Waals surface area contributed by atoms with Crippen LogP contribution in [-0.2, 0) is 0 Å². The molecule has 0 heteroatoms. The Hall–Kier alpha value is -2.34. The summed E-state index contributed by atoms with van der Waals surface area (Å²) in [6, 6.07) is 8.23. The van der Waals surface area contributed by atoms with Crippen LogP contribution in [0.1, 0.15) is 11.1 Å². The minimum Gasteiger partial charge on any atom is -0.0990 e. The van der Waals surface area contributed by atoms with Crippen LogP contribution in [0, 0.1) is 0 Å². The van der Waals surface area contributed by atoms with Gasteiger partial charge in [0.15, 0.2) is 0 Å². The molecule has 0 saturated carbocycles. The van der Waals surface area contributed by atoms with E-state index in [9.17, 15) is 0 Å². The zero-order chi connectivity index (χ0) is 13.4. The Bertz CT molecular complexity index is 479. The molecule has 0 amide bonds. The highest BCUT2D eigenvalue weighted by molar-refractivity contribution is 5.80. The lowest BCUT2D eigenvalue weighted by Crippen LogP contribution is -1.85. The minimum atomic E-state index is 1.05. The quantitative estimate of drug-likeness (QED) is 0.594. The largest absolute Gasteiger partial charge is 0.0990 e. The Kier molecular flexibility index (Phi) is 5.40. The van der Waals surface area contributed by atoms with Gasteiger partial charge in [-0.2, -0.15) is 0 Å². The van der Waals surface area contributed by atoms with Gasteiger partial charge in [0.2, 0.25) is 0 Å². The molecule has 0 radical (unpaired) electrons. The maximum absolute atomic E-state index is 3.82. The lowest BCUT2D eigenvalue weighted by atomic mass is 9.98. The summed E-state index contributed by atoms with van der Waals surface area (Å²) in [4.78, 5) is 0. The fraction of sp³-hybridized carbons (Fsp3) is 0. The van der Waals surface area contributed by atoms with Crippen molar-refractivity contribution in [3.63, 3.8) is 0 Å². The highest BCUT2D eigenvalue weighted by atomic mass is 14.1. The molecule has 1 aromatic rings. The molecule has 1 aromatic carbocycles. The first-order valence-corrected chi connectivity index (χ1v) is 5.78. The maximum Gasteiger partial charge on any atom is -0.0178 e. The molecule has 0 N–H and O–H groups in total. The molecular weight excluding hydrogens is 216 g/mol. The van der Waals surface area contributed by atoms with Gasteiger partial charge in [-0.25, -0.2) is 0 Å². The summed E-state index contributed by atoms with van der Waals surface area (Å²) >= 11 is 0. The number of benzene rings is 1. The van der Waals surface area contributed by atoms with Gasteiger partial charge in [0.1, 0.15) is 0 Å². The Morgan fingerprint density at radius 3 is 1.56 bits per heavy atom. The molecule has 0 aliphatic carbocycles. The molecule has 0 unspecified atom stereocenters. The Balaban J connectivity index is 3.28. The highest BCUT2D eigenvalue weighted by Gasteiger charge is 2.00. The van der Waals surface area contributed by atoms with E-state index in [-0.39, 0.29) is 0 Å². The molecule has 90 valence electrons. The van der Waals surface area contributed by atoms with Crippen molar-refractivity contribution in [3.05, 3.63) is 98.2 Å². The predicted octanol–water partition coefficient (Wildman–Crippen LogP) is 5.20. The number of allylic oxidation sites excluding steroid dienone is 8. The molecule has 0 aliphatic rings. The summed E-state index contributed by atoms with van der Waals surface area (Å²) < 4.78 is 0. The average molecular weight is 234 g/mol. The van der Waals surface area contributed by atoms with E-state index >= 15 is 0 Å². The van der Waals surface area contributed by atoms with E-state index < -0.39 is 0 Å². The van der Waals surface area contributed by atoms with E-state index in [0.29, 0.717) is 0 Å². The molecule has 0 heterocycles. The zero-order valence-electron chi connectivity index (χ0n) is 10.6. The first-order valence-electron chi connectivity index (χ1n) is 5.78. The van der Waals surface area contributed by atoms with Crippen molar-refractivity contribution in [1.82, 2.24) is 0 Å². The van der Waals surface area contributed by atoms with Gasteiger partial charge in [0.25, 0.3) is 0 Å². The first kappa shape index (κ1) is 13.7. The number of rotatable bonds is 6. The average Bonchev–Trinajstić information content (AvgIpc) is 2.42. The Morgan fingerprint density at radius 1 is 0.778 bits per heavy atom. The lowest BCUT2D eigenvalue weighted by Gasteiger charge is -2.06. The van der Waals surface area contributed by atoms with Crippen LogP contribution in [-0.4, -0.2) is 0 Å². The van der Waals surface area contributed by atoms with Crippen molar-refractivity contribution < 1.29 is 0 Å². The standard InChI is InChI=1S/C18H18/c1-5-10-15(7-3)17-12-9-13-18(14-17)16(8-4)11-6-2/h5-14H,1-4H2/b15-10+,16-11+. The second-order valence-corrected chi connectivity index (χ2v) is 3.70. The van der Waals surface area contributed by atoms with E-state index in [1.165, 1.54) is 0 Å². The van der Waals surface area contributed by atoms with Crippen LogP contribution in [0.15, 0.2) is 87.0 Å². The van der Waals surface area contributed by atoms with Crippen molar-refractivity contribution in [2.24, 2.45) is 0 Å². The second-order valence-electron chi connectivity index (χ2n) is 3.70. The van der Waals surface area contributed by atoms with Crippen LogP contribution in [0.5, 0.6) is 0 Å². The van der Waals surface area contributed by atoms with Crippen molar-refractivity contribution in [2.75, 3.05) is 0 Å². The third-order valence-corrected chi connectivity index (χ3v) is 2.56. The van der Waals surface area contributed by atoms with Crippen molar-refractivity contribution >= 4 is 11.1 Å². The lowest BCUT2D eigenvalue weighted by molar-refractivity contribution is 1.56. The highest BCUT2D eigenvalue weighted by Crippen LogP contribution is 2.22. The zero-order valence-corrected chi connectivity index (χ0v) is 10.6. The van der Waals surface area contributed by atoms with Crippen molar-refractivity contribution in [2.45, 2.75) is 0 Å². The summed E-state index contributed by atoms with van der Waals surface area (Å²) in [6.45, 7) is 15.1. The van der Waals surface area contributed by atoms with E-state index in [1.807, 2.05) is 30.4 Å². The van der Waals surface area contributed by atoms with Gasteiger partial charge in [0, 0.05) is 0 Å². The van der Waals surface area contributed by atoms with Gasteiger partial charge in [-0.3, -0.25) is 0 Å². The van der Waals surface area contributed by atoms with Crippen LogP contribution < -0.4 is 0 Å². The summed E-state index contributed by atoms with van der Waals surface area (Å²) in [6.07, 6.45) is 11.1. The third kappa shape index (κ3) is 3.33. The molecule has 0 saturated heterocycles. The van der Waals surface area contributed by atoms with E-state index in [0.717, 1.165) is 22.3 Å². The maximum atomic E-state index is 3.82. The summed E-state index contributed by atoms with van der Waals surface area (Å²) in [5, 5.41) is 0. The third-order valence-electron chi connectivity index (χ3n) is 2.56. The number of hydrogen-bond acceptors (Lipinski definition) is 0. The molecule has 18 heavy (non-hydrogen) atoms. The molecule has 0 aromatic heterocycles. The van der Waals surface area contributed by atoms with Gasteiger partial charge >= 0.3 is 0 Å². The van der Waals surface area contributed by atoms with E-state index in [1.54, 1.807) is 12.2 Å². The normalized spacial score (nSPS) is 11.8. The SMILES string of the molecule is C=C/C=C(\C=C)c1cccc(/C(C=C)=C/C=C)c1. The van der Waals surface area contributed by atoms with Gasteiger partial charge in [0.05, 0.1) is 0 Å². The smallest absolute Gasteiger partial charge is 0.0178 e. The first-order chi connectivity index (χ1) is 8.76. The Labute approximate surface area is 110 Å². The molecular formula is C18H18. The summed E-state index contributed by atoms with van der Waals surface area (Å²) in [5.41, 5.74) is 4.32. The van der Waals surface area contributed by atoms with E-state index in [2.05, 4.69) is 44.5 Å².